The van der Waals surface area contributed by atoms with Crippen LogP contribution in [0.2, 0.25) is 0 Å². The number of hydrogen-bond donors (Lipinski definition) is 0. The van der Waals surface area contributed by atoms with E-state index >= 15 is 0 Å². The predicted octanol–water partition coefficient (Wildman–Crippen LogP) is 1.83. The number of esters is 1. The summed E-state index contributed by atoms with van der Waals surface area (Å²) in [6.07, 6.45) is 2.42. The van der Waals surface area contributed by atoms with Gasteiger partial charge in [-0.05, 0) is 26.7 Å². The van der Waals surface area contributed by atoms with Gasteiger partial charge in [-0.2, -0.15) is 0 Å². The zero-order valence-corrected chi connectivity index (χ0v) is 11.0. The highest BCUT2D eigenvalue weighted by Crippen LogP contribution is 2.39. The van der Waals surface area contributed by atoms with Gasteiger partial charge >= 0.3 is 5.97 Å². The molecule has 1 aliphatic rings. The molecule has 0 amide bonds. The van der Waals surface area contributed by atoms with Crippen LogP contribution in [-0.4, -0.2) is 33.1 Å². The van der Waals surface area contributed by atoms with Crippen molar-refractivity contribution in [3.63, 3.8) is 0 Å². The fraction of sp³-hybridized carbons (Fsp3) is 0.727. The molecule has 0 atom stereocenters. The molecule has 2 rings (SSSR count). The van der Waals surface area contributed by atoms with E-state index in [-0.39, 0.29) is 5.97 Å². The second-order valence-electron chi connectivity index (χ2n) is 3.95. The van der Waals surface area contributed by atoms with Crippen molar-refractivity contribution in [3.05, 3.63) is 5.82 Å². The van der Waals surface area contributed by atoms with Crippen LogP contribution in [0.4, 0.5) is 0 Å². The molecule has 1 fully saturated rings. The number of carbonyl (C=O) groups is 1. The topological polar surface area (TPSA) is 57.0 Å². The summed E-state index contributed by atoms with van der Waals surface area (Å²) in [6.45, 7) is 5.16. The summed E-state index contributed by atoms with van der Waals surface area (Å²) in [4.78, 5) is 11.3. The molecule has 1 aliphatic carbocycles. The van der Waals surface area contributed by atoms with Crippen LogP contribution in [0.15, 0.2) is 5.16 Å². The highest BCUT2D eigenvalue weighted by atomic mass is 32.2. The highest BCUT2D eigenvalue weighted by molar-refractivity contribution is 7.99. The summed E-state index contributed by atoms with van der Waals surface area (Å²) in [6, 6.07) is 0. The fourth-order valence-electron chi connectivity index (χ4n) is 1.67. The minimum Gasteiger partial charge on any atom is -0.465 e. The van der Waals surface area contributed by atoms with Gasteiger partial charge in [0.05, 0.1) is 12.4 Å². The first-order valence-electron chi connectivity index (χ1n) is 5.97. The van der Waals surface area contributed by atoms with Crippen molar-refractivity contribution >= 4 is 17.7 Å². The zero-order valence-electron chi connectivity index (χ0n) is 10.2. The largest absolute Gasteiger partial charge is 0.465 e. The van der Waals surface area contributed by atoms with Crippen molar-refractivity contribution in [1.82, 2.24) is 14.8 Å². The van der Waals surface area contributed by atoms with Crippen LogP contribution in [-0.2, 0) is 16.1 Å². The normalized spacial score (nSPS) is 14.9. The molecule has 0 saturated heterocycles. The summed E-state index contributed by atoms with van der Waals surface area (Å²) in [5, 5.41) is 9.18. The van der Waals surface area contributed by atoms with Crippen molar-refractivity contribution in [2.24, 2.45) is 0 Å². The maximum Gasteiger partial charge on any atom is 0.316 e. The van der Waals surface area contributed by atoms with Gasteiger partial charge in [-0.3, -0.25) is 4.79 Å². The molecule has 0 bridgehead atoms. The second-order valence-corrected chi connectivity index (χ2v) is 4.90. The number of ether oxygens (including phenoxy) is 1. The van der Waals surface area contributed by atoms with Gasteiger partial charge in [0.1, 0.15) is 5.82 Å². The Balaban J connectivity index is 1.98. The molecule has 0 N–H and O–H groups in total. The number of aromatic nitrogens is 3. The first-order valence-corrected chi connectivity index (χ1v) is 6.96. The van der Waals surface area contributed by atoms with Crippen molar-refractivity contribution in [2.75, 3.05) is 12.4 Å². The summed E-state index contributed by atoms with van der Waals surface area (Å²) < 4.78 is 6.99. The van der Waals surface area contributed by atoms with Gasteiger partial charge in [0.15, 0.2) is 5.16 Å². The van der Waals surface area contributed by atoms with E-state index in [2.05, 4.69) is 21.7 Å². The van der Waals surface area contributed by atoms with Gasteiger partial charge in [0.25, 0.3) is 0 Å². The summed E-state index contributed by atoms with van der Waals surface area (Å²) in [5.74, 6) is 1.76. The molecule has 6 heteroatoms. The maximum absolute atomic E-state index is 11.3. The van der Waals surface area contributed by atoms with Gasteiger partial charge in [-0.25, -0.2) is 0 Å². The van der Waals surface area contributed by atoms with E-state index in [0.717, 1.165) is 17.5 Å². The third-order valence-corrected chi connectivity index (χ3v) is 3.57. The number of rotatable bonds is 6. The smallest absolute Gasteiger partial charge is 0.316 e. The monoisotopic (exact) mass is 255 g/mol. The Morgan fingerprint density at radius 2 is 2.24 bits per heavy atom. The van der Waals surface area contributed by atoms with Gasteiger partial charge in [0, 0.05) is 12.5 Å². The lowest BCUT2D eigenvalue weighted by atomic mass is 10.4. The van der Waals surface area contributed by atoms with Crippen LogP contribution in [0.3, 0.4) is 0 Å². The van der Waals surface area contributed by atoms with Crippen LogP contribution < -0.4 is 0 Å². The molecule has 0 spiro atoms. The molecular weight excluding hydrogens is 238 g/mol. The molecule has 1 heterocycles. The Labute approximate surface area is 105 Å². The van der Waals surface area contributed by atoms with Crippen LogP contribution in [0.1, 0.15) is 38.4 Å². The Hall–Kier alpha value is -1.04. The number of nitrogens with zero attached hydrogens (tertiary/aromatic N) is 3. The molecule has 0 aliphatic heterocycles. The van der Waals surface area contributed by atoms with Crippen LogP contribution in [0.5, 0.6) is 0 Å². The lowest BCUT2D eigenvalue weighted by Crippen LogP contribution is -2.08. The molecule has 0 radical (unpaired) electrons. The first-order chi connectivity index (χ1) is 8.26. The van der Waals surface area contributed by atoms with E-state index in [1.54, 1.807) is 0 Å². The number of carbonyl (C=O) groups excluding carboxylic acids is 1. The molecule has 17 heavy (non-hydrogen) atoms. The van der Waals surface area contributed by atoms with Crippen molar-refractivity contribution in [1.29, 1.82) is 0 Å². The third-order valence-electron chi connectivity index (χ3n) is 2.63. The molecule has 94 valence electrons. The Bertz CT molecular complexity index is 401. The predicted molar refractivity (Wildman–Crippen MR) is 65.0 cm³/mol. The molecule has 5 nitrogen and oxygen atoms in total. The molecule has 1 saturated carbocycles. The van der Waals surface area contributed by atoms with E-state index in [4.69, 9.17) is 4.74 Å². The van der Waals surface area contributed by atoms with Crippen LogP contribution in [0.25, 0.3) is 0 Å². The molecule has 0 aromatic carbocycles. The summed E-state index contributed by atoms with van der Waals surface area (Å²) >= 11 is 1.40. The molecule has 1 aromatic heterocycles. The second kappa shape index (κ2) is 5.53. The van der Waals surface area contributed by atoms with Gasteiger partial charge < -0.3 is 9.30 Å². The average Bonchev–Trinajstić information content (AvgIpc) is 3.07. The Morgan fingerprint density at radius 1 is 1.47 bits per heavy atom. The van der Waals surface area contributed by atoms with Crippen molar-refractivity contribution in [2.45, 2.75) is 44.3 Å². The third kappa shape index (κ3) is 3.00. The average molecular weight is 255 g/mol. The first kappa shape index (κ1) is 12.4. The minimum absolute atomic E-state index is 0.198. The van der Waals surface area contributed by atoms with E-state index < -0.39 is 0 Å². The van der Waals surface area contributed by atoms with Crippen molar-refractivity contribution in [3.8, 4) is 0 Å². The van der Waals surface area contributed by atoms with Crippen LogP contribution >= 0.6 is 11.8 Å². The van der Waals surface area contributed by atoms with E-state index in [1.165, 1.54) is 24.6 Å². The van der Waals surface area contributed by atoms with Crippen molar-refractivity contribution < 1.29 is 9.53 Å². The maximum atomic E-state index is 11.3. The number of hydrogen-bond acceptors (Lipinski definition) is 5. The van der Waals surface area contributed by atoms with Gasteiger partial charge in [-0.1, -0.05) is 11.8 Å². The van der Waals surface area contributed by atoms with E-state index in [1.807, 2.05) is 6.92 Å². The minimum atomic E-state index is -0.198. The van der Waals surface area contributed by atoms with Gasteiger partial charge in [0.2, 0.25) is 0 Å². The quantitative estimate of drug-likeness (QED) is 0.573. The lowest BCUT2D eigenvalue weighted by Gasteiger charge is -2.06. The summed E-state index contributed by atoms with van der Waals surface area (Å²) in [7, 11) is 0. The number of thioether (sulfide) groups is 1. The Morgan fingerprint density at radius 3 is 2.82 bits per heavy atom. The van der Waals surface area contributed by atoms with Crippen LogP contribution in [0, 0.1) is 0 Å². The lowest BCUT2D eigenvalue weighted by molar-refractivity contribution is -0.139. The zero-order chi connectivity index (χ0) is 12.3. The van der Waals surface area contributed by atoms with E-state index in [0.29, 0.717) is 18.3 Å². The van der Waals surface area contributed by atoms with Gasteiger partial charge in [-0.15, -0.1) is 10.2 Å². The highest BCUT2D eigenvalue weighted by Gasteiger charge is 2.30. The standard InChI is InChI=1S/C11H17N3O2S/c1-3-14-10(8-5-6-8)12-13-11(14)17-7-9(15)16-4-2/h8H,3-7H2,1-2H3. The fourth-order valence-corrected chi connectivity index (χ4v) is 2.48. The molecule has 1 aromatic rings. The summed E-state index contributed by atoms with van der Waals surface area (Å²) in [5.41, 5.74) is 0. The van der Waals surface area contributed by atoms with E-state index in [9.17, 15) is 4.79 Å². The SMILES string of the molecule is CCOC(=O)CSc1nnc(C2CC2)n1CC. The molecule has 0 unspecified atom stereocenters. The Kier molecular flexibility index (Phi) is 4.04. The molecular formula is C11H17N3O2S.